The van der Waals surface area contributed by atoms with Gasteiger partial charge in [0.15, 0.2) is 0 Å². The van der Waals surface area contributed by atoms with E-state index in [2.05, 4.69) is 10.6 Å². The van der Waals surface area contributed by atoms with Crippen LogP contribution >= 0.6 is 0 Å². The lowest BCUT2D eigenvalue weighted by molar-refractivity contribution is -0.123. The summed E-state index contributed by atoms with van der Waals surface area (Å²) < 4.78 is 0. The number of nitrogens with one attached hydrogen (secondary N) is 2. The average molecular weight is 158 g/mol. The second kappa shape index (κ2) is 5.85. The molecule has 1 atom stereocenters. The molecule has 11 heavy (non-hydrogen) atoms. The van der Waals surface area contributed by atoms with Gasteiger partial charge in [-0.3, -0.25) is 4.79 Å². The molecule has 0 aromatic rings. The summed E-state index contributed by atoms with van der Waals surface area (Å²) in [5, 5.41) is 5.34. The van der Waals surface area contributed by atoms with Crippen LogP contribution in [-0.2, 0) is 9.59 Å². The maximum absolute atomic E-state index is 10.8. The Morgan fingerprint density at radius 1 is 1.64 bits per heavy atom. The van der Waals surface area contributed by atoms with Crippen molar-refractivity contribution < 1.29 is 9.59 Å². The molecule has 0 bridgehead atoms. The molecule has 4 heteroatoms. The van der Waals surface area contributed by atoms with Gasteiger partial charge in [-0.15, -0.1) is 0 Å². The van der Waals surface area contributed by atoms with E-state index in [0.29, 0.717) is 6.29 Å². The van der Waals surface area contributed by atoms with E-state index in [0.717, 1.165) is 6.54 Å². The maximum Gasteiger partial charge on any atom is 0.234 e. The summed E-state index contributed by atoms with van der Waals surface area (Å²) in [5.41, 5.74) is 0. The molecule has 0 saturated carbocycles. The zero-order valence-electron chi connectivity index (χ0n) is 6.89. The SMILES string of the molecule is CCNCC(=O)NC(C)C=O. The summed E-state index contributed by atoms with van der Waals surface area (Å²) in [6.07, 6.45) is 0.698. The molecule has 1 amide bonds. The number of rotatable bonds is 5. The van der Waals surface area contributed by atoms with E-state index in [1.54, 1.807) is 6.92 Å². The first-order chi connectivity index (χ1) is 5.20. The third-order valence-electron chi connectivity index (χ3n) is 1.13. The normalized spacial score (nSPS) is 12.2. The Labute approximate surface area is 66.4 Å². The van der Waals surface area contributed by atoms with Crippen molar-refractivity contribution in [3.8, 4) is 0 Å². The molecule has 0 aliphatic heterocycles. The second-order valence-corrected chi connectivity index (χ2v) is 2.27. The van der Waals surface area contributed by atoms with Gasteiger partial charge in [-0.1, -0.05) is 6.92 Å². The molecular weight excluding hydrogens is 144 g/mol. The van der Waals surface area contributed by atoms with Crippen molar-refractivity contribution in [1.82, 2.24) is 10.6 Å². The Bertz CT molecular complexity index is 136. The van der Waals surface area contributed by atoms with Crippen molar-refractivity contribution in [2.24, 2.45) is 0 Å². The summed E-state index contributed by atoms with van der Waals surface area (Å²) in [6, 6.07) is -0.388. The monoisotopic (exact) mass is 158 g/mol. The lowest BCUT2D eigenvalue weighted by Gasteiger charge is -2.06. The minimum absolute atomic E-state index is 0.147. The fourth-order valence-corrected chi connectivity index (χ4v) is 0.578. The number of carbonyl (C=O) groups is 2. The van der Waals surface area contributed by atoms with Crippen LogP contribution in [0.25, 0.3) is 0 Å². The fraction of sp³-hybridized carbons (Fsp3) is 0.714. The molecule has 1 unspecified atom stereocenters. The summed E-state index contributed by atoms with van der Waals surface area (Å²) in [4.78, 5) is 20.9. The summed E-state index contributed by atoms with van der Waals surface area (Å²) in [7, 11) is 0. The van der Waals surface area contributed by atoms with Crippen molar-refractivity contribution in [2.45, 2.75) is 19.9 Å². The fourth-order valence-electron chi connectivity index (χ4n) is 0.578. The summed E-state index contributed by atoms with van der Waals surface area (Å²) in [5.74, 6) is -0.147. The van der Waals surface area contributed by atoms with Gasteiger partial charge in [-0.25, -0.2) is 0 Å². The summed E-state index contributed by atoms with van der Waals surface area (Å²) in [6.45, 7) is 4.57. The van der Waals surface area contributed by atoms with Gasteiger partial charge < -0.3 is 15.4 Å². The highest BCUT2D eigenvalue weighted by atomic mass is 16.2. The smallest absolute Gasteiger partial charge is 0.234 e. The topological polar surface area (TPSA) is 58.2 Å². The molecule has 0 aliphatic rings. The molecule has 0 rings (SSSR count). The molecule has 0 aromatic heterocycles. The number of carbonyl (C=O) groups excluding carboxylic acids is 2. The lowest BCUT2D eigenvalue weighted by Crippen LogP contribution is -2.39. The number of hydrogen-bond acceptors (Lipinski definition) is 3. The number of amides is 1. The van der Waals surface area contributed by atoms with Gasteiger partial charge in [0.05, 0.1) is 12.6 Å². The Morgan fingerprint density at radius 3 is 2.73 bits per heavy atom. The third-order valence-corrected chi connectivity index (χ3v) is 1.13. The van der Waals surface area contributed by atoms with Gasteiger partial charge in [0, 0.05) is 0 Å². The molecule has 0 heterocycles. The molecule has 0 saturated heterocycles. The number of hydrogen-bond donors (Lipinski definition) is 2. The largest absolute Gasteiger partial charge is 0.346 e. The summed E-state index contributed by atoms with van der Waals surface area (Å²) >= 11 is 0. The van der Waals surface area contributed by atoms with Crippen molar-refractivity contribution in [2.75, 3.05) is 13.1 Å². The van der Waals surface area contributed by atoms with Crippen LogP contribution in [0.3, 0.4) is 0 Å². The predicted octanol–water partition coefficient (Wildman–Crippen LogP) is -0.700. The van der Waals surface area contributed by atoms with E-state index in [1.165, 1.54) is 0 Å². The quantitative estimate of drug-likeness (QED) is 0.520. The lowest BCUT2D eigenvalue weighted by atomic mass is 10.4. The zero-order valence-corrected chi connectivity index (χ0v) is 6.89. The van der Waals surface area contributed by atoms with Gasteiger partial charge in [-0.05, 0) is 13.5 Å². The first-order valence-corrected chi connectivity index (χ1v) is 3.66. The van der Waals surface area contributed by atoms with Crippen LogP contribution in [0.2, 0.25) is 0 Å². The predicted molar refractivity (Wildman–Crippen MR) is 42.2 cm³/mol. The van der Waals surface area contributed by atoms with Crippen LogP contribution in [0.15, 0.2) is 0 Å². The highest BCUT2D eigenvalue weighted by Crippen LogP contribution is 1.73. The molecule has 0 aromatic carbocycles. The molecule has 0 spiro atoms. The highest BCUT2D eigenvalue weighted by Gasteiger charge is 2.03. The van der Waals surface area contributed by atoms with E-state index in [-0.39, 0.29) is 18.5 Å². The minimum Gasteiger partial charge on any atom is -0.346 e. The Kier molecular flexibility index (Phi) is 5.37. The van der Waals surface area contributed by atoms with Crippen LogP contribution in [0.1, 0.15) is 13.8 Å². The minimum atomic E-state index is -0.388. The number of aldehydes is 1. The zero-order chi connectivity index (χ0) is 8.69. The third kappa shape index (κ3) is 5.54. The first kappa shape index (κ1) is 10.1. The Balaban J connectivity index is 3.43. The molecular formula is C7H14N2O2. The van der Waals surface area contributed by atoms with Gasteiger partial charge in [0.2, 0.25) is 5.91 Å². The van der Waals surface area contributed by atoms with Crippen LogP contribution in [-0.4, -0.2) is 31.3 Å². The van der Waals surface area contributed by atoms with E-state index in [9.17, 15) is 9.59 Å². The van der Waals surface area contributed by atoms with Crippen LogP contribution in [0.4, 0.5) is 0 Å². The van der Waals surface area contributed by atoms with E-state index in [1.807, 2.05) is 6.92 Å². The maximum atomic E-state index is 10.8. The molecule has 0 aliphatic carbocycles. The second-order valence-electron chi connectivity index (χ2n) is 2.27. The highest BCUT2D eigenvalue weighted by molar-refractivity contribution is 5.81. The van der Waals surface area contributed by atoms with E-state index in [4.69, 9.17) is 0 Å². The van der Waals surface area contributed by atoms with Crippen molar-refractivity contribution >= 4 is 12.2 Å². The molecule has 64 valence electrons. The van der Waals surface area contributed by atoms with Crippen molar-refractivity contribution in [3.05, 3.63) is 0 Å². The van der Waals surface area contributed by atoms with E-state index >= 15 is 0 Å². The van der Waals surface area contributed by atoms with Crippen LogP contribution in [0.5, 0.6) is 0 Å². The van der Waals surface area contributed by atoms with Gasteiger partial charge in [0.1, 0.15) is 6.29 Å². The average Bonchev–Trinajstić information content (AvgIpc) is 2.00. The van der Waals surface area contributed by atoms with Crippen LogP contribution < -0.4 is 10.6 Å². The molecule has 0 radical (unpaired) electrons. The Hall–Kier alpha value is -0.900. The molecule has 2 N–H and O–H groups in total. The Morgan fingerprint density at radius 2 is 2.27 bits per heavy atom. The van der Waals surface area contributed by atoms with Gasteiger partial charge in [0.25, 0.3) is 0 Å². The van der Waals surface area contributed by atoms with Crippen LogP contribution in [0, 0.1) is 0 Å². The van der Waals surface area contributed by atoms with Gasteiger partial charge in [-0.2, -0.15) is 0 Å². The molecule has 0 fully saturated rings. The molecule has 4 nitrogen and oxygen atoms in total. The van der Waals surface area contributed by atoms with Crippen molar-refractivity contribution in [3.63, 3.8) is 0 Å². The van der Waals surface area contributed by atoms with E-state index < -0.39 is 0 Å². The first-order valence-electron chi connectivity index (χ1n) is 3.66. The standard InChI is InChI=1S/C7H14N2O2/c1-3-8-4-7(11)9-6(2)5-10/h5-6,8H,3-4H2,1-2H3,(H,9,11). The van der Waals surface area contributed by atoms with Crippen molar-refractivity contribution in [1.29, 1.82) is 0 Å². The number of likely N-dealkylation sites (N-methyl/N-ethyl adjacent to an activating group) is 1. The van der Waals surface area contributed by atoms with Gasteiger partial charge >= 0.3 is 0 Å².